The Bertz CT molecular complexity index is 3570. The van der Waals surface area contributed by atoms with Gasteiger partial charge in [0.05, 0.1) is 12.2 Å². The summed E-state index contributed by atoms with van der Waals surface area (Å²) in [5, 5.41) is 12.7. The van der Waals surface area contributed by atoms with E-state index in [1.54, 1.807) is 22.3 Å². The Balaban J connectivity index is 0.000000420. The summed E-state index contributed by atoms with van der Waals surface area (Å²) in [5.74, 6) is 5.36. The molecule has 1 saturated carbocycles. The molecule has 15 rings (SSSR count). The molecule has 7 aromatic carbocycles. The topological polar surface area (TPSA) is 104 Å². The summed E-state index contributed by atoms with van der Waals surface area (Å²) < 4.78 is 20.0. The molecule has 113 heavy (non-hydrogen) atoms. The molecular weight excluding hydrogens is 1400 g/mol. The first-order valence-electron chi connectivity index (χ1n) is 42.6. The van der Waals surface area contributed by atoms with Crippen LogP contribution >= 0.6 is 0 Å². The van der Waals surface area contributed by atoms with Crippen LogP contribution in [0.1, 0.15) is 312 Å². The first-order chi connectivity index (χ1) is 52.2. The van der Waals surface area contributed by atoms with Crippen LogP contribution in [-0.4, -0.2) is 35.7 Å². The molecule has 1 amide bonds. The number of fused-ring (bicyclic) bond motifs is 8. The number of hydrogen-bond donors (Lipinski definition) is 5. The Hall–Kier alpha value is -6.75. The smallest absolute Gasteiger partial charge is 0.224 e. The standard InChI is InChI=1S/C12H14.C10H11N.C10H13N.C10H12.C9H11NOS.C9H9NO.C9H11NO.7C5H12/c1-2-6-11-10(4-1)5-3-7-12(11)8-9-12;1-8-6-7-9-4-2-3-5-10(9)11-8;1-2-5-10-8-11-7-3-6-9(10)4-1;1-2-6-10-8-4-3-7-9(10)5-1;1-12(11)7-9-5-3-2-4-8(9)6-10-12;11-9-5-7-3-1-2-4-8(7)6-10-9;1-2-4-9-8(3-1)7-10-5-6-11-9;7*1-5(2,3)4/h1-2,4,6H,3,5,7-9H2;2-5,11H,1,6-7H2;1-2,4-5,11H,3,6-8H2;1-2,5-6H,3-4,7-8H2;2-5H,1,6-7H2,(H,10,11);1-4H,5-6H2,(H,10,11);1-4,10H,5-7H2;7*1-4H3. The second-order valence-electron chi connectivity index (χ2n) is 42.6. The van der Waals surface area contributed by atoms with Crippen molar-refractivity contribution >= 4 is 27.2 Å². The number of amides is 1. The van der Waals surface area contributed by atoms with E-state index in [9.17, 15) is 9.00 Å². The van der Waals surface area contributed by atoms with Gasteiger partial charge in [0.25, 0.3) is 0 Å². The summed E-state index contributed by atoms with van der Waals surface area (Å²) in [6, 6.07) is 59.1. The van der Waals surface area contributed by atoms with Crippen LogP contribution in [0.4, 0.5) is 5.69 Å². The van der Waals surface area contributed by atoms with Crippen molar-refractivity contribution in [1.82, 2.24) is 20.7 Å². The maximum atomic E-state index is 11.5. The number of rotatable bonds is 0. The van der Waals surface area contributed by atoms with Gasteiger partial charge in [-0.25, -0.2) is 4.72 Å². The highest BCUT2D eigenvalue weighted by Crippen LogP contribution is 2.55. The summed E-state index contributed by atoms with van der Waals surface area (Å²) in [4.78, 5) is 10.9. The van der Waals surface area contributed by atoms with Gasteiger partial charge in [-0.3, -0.25) is 9.00 Å². The van der Waals surface area contributed by atoms with E-state index in [1.807, 2.05) is 60.7 Å². The number of nitrogens with one attached hydrogen (secondary N) is 5. The molecule has 8 aliphatic rings. The molecule has 9 heteroatoms. The minimum absolute atomic E-state index is 0.128. The number of aryl methyl sites for hydroxylation is 5. The largest absolute Gasteiger partial charge is 0.492 e. The fourth-order valence-electron chi connectivity index (χ4n) is 11.3. The second kappa shape index (κ2) is 50.0. The number of anilines is 1. The fraction of sp³-hybridized carbons (Fsp3) is 0.558. The van der Waals surface area contributed by atoms with Crippen molar-refractivity contribution in [3.63, 3.8) is 0 Å². The van der Waals surface area contributed by atoms with Gasteiger partial charge < -0.3 is 26.0 Å². The molecule has 0 saturated heterocycles. The molecule has 0 bridgehead atoms. The number of allylic oxidation sites excluding steroid dienone is 1. The Morgan fingerprint density at radius 2 is 0.708 bits per heavy atom. The van der Waals surface area contributed by atoms with Gasteiger partial charge in [-0.2, -0.15) is 0 Å². The zero-order valence-corrected chi connectivity index (χ0v) is 78.1. The molecule has 7 aromatic rings. The quantitative estimate of drug-likeness (QED) is 0.0970. The van der Waals surface area contributed by atoms with E-state index in [2.05, 4.69) is 341 Å². The number of benzene rings is 7. The van der Waals surface area contributed by atoms with Gasteiger partial charge in [0, 0.05) is 59.4 Å². The zero-order chi connectivity index (χ0) is 85.3. The summed E-state index contributed by atoms with van der Waals surface area (Å²) in [6.07, 6.45) is 17.7. The van der Waals surface area contributed by atoms with E-state index >= 15 is 0 Å². The van der Waals surface area contributed by atoms with Gasteiger partial charge in [-0.15, -0.1) is 0 Å². The van der Waals surface area contributed by atoms with Crippen LogP contribution in [0.15, 0.2) is 182 Å². The zero-order valence-electron chi connectivity index (χ0n) is 77.3. The summed E-state index contributed by atoms with van der Waals surface area (Å²) >= 11 is 0. The predicted molar refractivity (Wildman–Crippen MR) is 501 cm³/mol. The Morgan fingerprint density at radius 1 is 0.354 bits per heavy atom. The molecule has 1 spiro atoms. The lowest BCUT2D eigenvalue weighted by Crippen LogP contribution is -2.29. The first kappa shape index (κ1) is 102. The average molecular weight is 1570 g/mol. The number of para-hydroxylation sites is 2. The lowest BCUT2D eigenvalue weighted by molar-refractivity contribution is -0.121. The molecule has 1 fully saturated rings. The molecule has 8 nitrogen and oxygen atoms in total. The van der Waals surface area contributed by atoms with Crippen molar-refractivity contribution in [3.05, 3.63) is 249 Å². The maximum absolute atomic E-state index is 11.5. The maximum Gasteiger partial charge on any atom is 0.224 e. The van der Waals surface area contributed by atoms with Crippen molar-refractivity contribution in [2.24, 2.45) is 37.9 Å². The monoisotopic (exact) mass is 1560 g/mol. The summed E-state index contributed by atoms with van der Waals surface area (Å²) in [5.41, 5.74) is 23.4. The molecular formula is C104H165N5O3S. The minimum atomic E-state index is -2.05. The van der Waals surface area contributed by atoms with Gasteiger partial charge >= 0.3 is 0 Å². The van der Waals surface area contributed by atoms with E-state index < -0.39 is 9.71 Å². The van der Waals surface area contributed by atoms with Gasteiger partial charge in [-0.05, 0) is 213 Å². The Labute approximate surface area is 695 Å². The highest BCUT2D eigenvalue weighted by Gasteiger charge is 2.46. The first-order valence-corrected chi connectivity index (χ1v) is 44.5. The fourth-order valence-corrected chi connectivity index (χ4v) is 12.6. The summed E-state index contributed by atoms with van der Waals surface area (Å²) in [7, 11) is -2.05. The van der Waals surface area contributed by atoms with Crippen LogP contribution in [0.2, 0.25) is 0 Å². The van der Waals surface area contributed by atoms with Crippen LogP contribution in [0, 0.1) is 37.9 Å². The molecule has 5 N–H and O–H groups in total. The second-order valence-corrected chi connectivity index (χ2v) is 44.8. The lowest BCUT2D eigenvalue weighted by atomic mass is 9.80. The van der Waals surface area contributed by atoms with E-state index in [-0.39, 0.29) is 5.91 Å². The molecule has 1 atom stereocenters. The van der Waals surface area contributed by atoms with Crippen molar-refractivity contribution in [1.29, 1.82) is 0 Å². The minimum Gasteiger partial charge on any atom is -0.492 e. The molecule has 0 aromatic heterocycles. The van der Waals surface area contributed by atoms with Crippen molar-refractivity contribution in [2.45, 2.75) is 321 Å². The third-order valence-corrected chi connectivity index (χ3v) is 17.3. The SMILES string of the molecule is C=C1CCc2ccccc2N1.C=S1(=O)Cc2ccccc2CN1.CC(C)(C)C.CC(C)(C)C.CC(C)(C)C.CC(C)(C)C.CC(C)(C)C.CC(C)(C)C.CC(C)(C)C.O=C1Cc2ccccc2CN1.c1ccc2c(c1)CCCC2.c1ccc2c(c1)CCCC21CC1.c1ccc2c(c1)CCCNC2.c1ccc2c(c1)CNCCO2. The predicted octanol–water partition coefficient (Wildman–Crippen LogP) is 27.2. The van der Waals surface area contributed by atoms with Gasteiger partial charge in [0.2, 0.25) is 5.91 Å². The van der Waals surface area contributed by atoms with Crippen LogP contribution in [0.3, 0.4) is 0 Å². The summed E-state index contributed by atoms with van der Waals surface area (Å²) in [6.45, 7) is 71.4. The number of carbonyl (C=O) groups excluding carboxylic acids is 1. The molecule has 630 valence electrons. The normalized spacial score (nSPS) is 16.9. The molecule has 0 radical (unpaired) electrons. The van der Waals surface area contributed by atoms with Gasteiger partial charge in [0.1, 0.15) is 12.4 Å². The highest BCUT2D eigenvalue weighted by molar-refractivity contribution is 7.97. The highest BCUT2D eigenvalue weighted by atomic mass is 32.2. The van der Waals surface area contributed by atoms with Gasteiger partial charge in [-0.1, -0.05) is 358 Å². The average Bonchev–Trinajstić information content (AvgIpc) is 1.60. The van der Waals surface area contributed by atoms with E-state index in [1.165, 1.54) is 110 Å². The van der Waals surface area contributed by atoms with Crippen LogP contribution in [-0.2, 0) is 90.4 Å². The van der Waals surface area contributed by atoms with E-state index in [0.29, 0.717) is 68.6 Å². The Kier molecular flexibility index (Phi) is 45.3. The van der Waals surface area contributed by atoms with E-state index in [0.717, 1.165) is 68.2 Å². The lowest BCUT2D eigenvalue weighted by Gasteiger charge is -2.24. The molecule has 5 heterocycles. The van der Waals surface area contributed by atoms with Crippen molar-refractivity contribution in [3.8, 4) is 5.75 Å². The molecule has 5 aliphatic heterocycles. The van der Waals surface area contributed by atoms with Crippen molar-refractivity contribution < 1.29 is 13.7 Å². The Morgan fingerprint density at radius 3 is 1.19 bits per heavy atom. The van der Waals surface area contributed by atoms with Crippen LogP contribution < -0.4 is 30.7 Å². The number of ether oxygens (including phenoxy) is 1. The third kappa shape index (κ3) is 57.0. The molecule has 3 aliphatic carbocycles. The van der Waals surface area contributed by atoms with Crippen LogP contribution in [0.25, 0.3) is 0 Å². The van der Waals surface area contributed by atoms with Crippen molar-refractivity contribution in [2.75, 3.05) is 25.0 Å². The number of hydrogen-bond acceptors (Lipinski definition) is 6. The number of carbonyl (C=O) groups is 1. The van der Waals surface area contributed by atoms with E-state index in [4.69, 9.17) is 4.74 Å². The molecule has 1 unspecified atom stereocenters. The third-order valence-electron chi connectivity index (χ3n) is 15.9. The van der Waals surface area contributed by atoms with Crippen LogP contribution in [0.5, 0.6) is 5.75 Å². The van der Waals surface area contributed by atoms with Gasteiger partial charge in [0.15, 0.2) is 0 Å².